The number of rotatable bonds is 7. The van der Waals surface area contributed by atoms with Gasteiger partial charge < -0.3 is 29.5 Å². The van der Waals surface area contributed by atoms with Crippen LogP contribution in [0.2, 0.25) is 0 Å². The molecule has 3 aromatic rings. The third-order valence-electron chi connectivity index (χ3n) is 5.60. The number of hydrogen-bond donors (Lipinski definition) is 2. The molecule has 2 aromatic carbocycles. The number of aliphatic hydroxyl groups excluding tert-OH is 1. The Labute approximate surface area is 234 Å². The third kappa shape index (κ3) is 6.35. The van der Waals surface area contributed by atoms with Gasteiger partial charge in [0.1, 0.15) is 12.7 Å². The van der Waals surface area contributed by atoms with Gasteiger partial charge >= 0.3 is 47.8 Å². The van der Waals surface area contributed by atoms with Crippen LogP contribution in [0.25, 0.3) is 22.0 Å². The number of nitrogens with zero attached hydrogens (tertiary/aromatic N) is 1. The summed E-state index contributed by atoms with van der Waals surface area (Å²) in [6.07, 6.45) is -9.21. The number of cyclic esters (lactones) is 1. The first-order valence-electron chi connectivity index (χ1n) is 10.8. The summed E-state index contributed by atoms with van der Waals surface area (Å²) in [5.74, 6) is -2.87. The third-order valence-corrected chi connectivity index (χ3v) is 5.60. The van der Waals surface area contributed by atoms with Crippen molar-refractivity contribution in [3.8, 4) is 11.3 Å². The van der Waals surface area contributed by atoms with Gasteiger partial charge in [-0.25, -0.2) is 4.79 Å². The molecule has 1 aliphatic heterocycles. The number of carboxylic acids is 1. The molecule has 0 aliphatic carbocycles. The number of amides is 1. The van der Waals surface area contributed by atoms with Crippen LogP contribution in [-0.4, -0.2) is 53.5 Å². The second kappa shape index (κ2) is 11.6. The fraction of sp³-hybridized carbons (Fsp3) is 0.250. The van der Waals surface area contributed by atoms with E-state index < -0.39 is 60.6 Å². The molecule has 2 N–H and O–H groups in total. The van der Waals surface area contributed by atoms with Gasteiger partial charge in [-0.3, -0.25) is 14.5 Å². The molecule has 0 bridgehead atoms. The standard InChI is InChI=1S/C24H19F3N2O8.Na/c25-24(26,27)17-4-2-1-3-15(17)18-7-12-5-6-13(8-16(12)21(32)28-18)29-10-14(37-23(29)35)11-36-20(31)9-19(30)22(33)34;/h1-8,14,19,30H,9-11H2,(H,28,32)(H,33,34);/q;+1/p-1. The Morgan fingerprint density at radius 2 is 1.89 bits per heavy atom. The average molecular weight is 542 g/mol. The van der Waals surface area contributed by atoms with Gasteiger partial charge in [-0.05, 0) is 29.7 Å². The summed E-state index contributed by atoms with van der Waals surface area (Å²) in [6.45, 7) is -0.480. The Balaban J connectivity index is 0.00000400. The first-order valence-corrected chi connectivity index (χ1v) is 10.8. The molecule has 1 fully saturated rings. The number of carbonyl (C=O) groups is 3. The predicted octanol–water partition coefficient (Wildman–Crippen LogP) is -1.41. The molecule has 10 nitrogen and oxygen atoms in total. The van der Waals surface area contributed by atoms with Crippen molar-refractivity contribution < 1.29 is 76.8 Å². The number of nitrogens with one attached hydrogen (secondary N) is 1. The summed E-state index contributed by atoms with van der Waals surface area (Å²) in [5.41, 5.74) is -1.53. The Morgan fingerprint density at radius 1 is 1.18 bits per heavy atom. The first-order chi connectivity index (χ1) is 17.4. The number of ether oxygens (including phenoxy) is 2. The minimum atomic E-state index is -4.62. The zero-order valence-corrected chi connectivity index (χ0v) is 21.8. The molecule has 4 rings (SSSR count). The molecule has 194 valence electrons. The van der Waals surface area contributed by atoms with Crippen molar-refractivity contribution in [1.29, 1.82) is 0 Å². The van der Waals surface area contributed by atoms with E-state index in [9.17, 15) is 37.5 Å². The van der Waals surface area contributed by atoms with Crippen molar-refractivity contribution in [2.75, 3.05) is 18.1 Å². The van der Waals surface area contributed by atoms with E-state index in [2.05, 4.69) is 4.98 Å². The van der Waals surface area contributed by atoms with E-state index in [4.69, 9.17) is 14.6 Å². The van der Waals surface area contributed by atoms with Gasteiger partial charge in [-0.2, -0.15) is 13.2 Å². The summed E-state index contributed by atoms with van der Waals surface area (Å²) in [4.78, 5) is 50.8. The molecule has 0 spiro atoms. The molecular formula is C24H18F3N2NaO8. The quantitative estimate of drug-likeness (QED) is 0.273. The molecule has 1 aromatic heterocycles. The number of benzene rings is 2. The van der Waals surface area contributed by atoms with E-state index >= 15 is 0 Å². The normalized spacial score (nSPS) is 16.1. The van der Waals surface area contributed by atoms with Crippen molar-refractivity contribution in [2.45, 2.75) is 24.8 Å². The van der Waals surface area contributed by atoms with Crippen LogP contribution in [0, 0.1) is 0 Å². The van der Waals surface area contributed by atoms with Crippen molar-refractivity contribution >= 4 is 34.5 Å². The maximum absolute atomic E-state index is 13.4. The molecule has 38 heavy (non-hydrogen) atoms. The number of aromatic nitrogens is 1. The summed E-state index contributed by atoms with van der Waals surface area (Å²) in [7, 11) is 0. The van der Waals surface area contributed by atoms with Gasteiger partial charge in [0.25, 0.3) is 5.56 Å². The van der Waals surface area contributed by atoms with Crippen LogP contribution in [0.4, 0.5) is 23.7 Å². The van der Waals surface area contributed by atoms with Crippen LogP contribution in [-0.2, 0) is 25.2 Å². The zero-order chi connectivity index (χ0) is 26.9. The Morgan fingerprint density at radius 3 is 2.58 bits per heavy atom. The van der Waals surface area contributed by atoms with E-state index in [1.54, 1.807) is 0 Å². The molecule has 2 atom stereocenters. The van der Waals surface area contributed by atoms with E-state index in [1.165, 1.54) is 47.4 Å². The fourth-order valence-electron chi connectivity index (χ4n) is 3.83. The van der Waals surface area contributed by atoms with Crippen LogP contribution in [0.1, 0.15) is 12.0 Å². The number of aromatic amines is 1. The average Bonchev–Trinajstić information content (AvgIpc) is 3.22. The van der Waals surface area contributed by atoms with Crippen molar-refractivity contribution in [3.05, 3.63) is 64.4 Å². The number of pyridine rings is 1. The molecule has 0 radical (unpaired) electrons. The number of alkyl halides is 3. The second-order valence-corrected chi connectivity index (χ2v) is 8.17. The Kier molecular flexibility index (Phi) is 8.87. The Hall–Kier alpha value is -3.39. The van der Waals surface area contributed by atoms with Gasteiger partial charge in [-0.1, -0.05) is 24.3 Å². The molecule has 14 heteroatoms. The minimum Gasteiger partial charge on any atom is -0.547 e. The topological polar surface area (TPSA) is 149 Å². The molecule has 2 heterocycles. The Bertz CT molecular complexity index is 1440. The minimum absolute atomic E-state index is 0. The predicted molar refractivity (Wildman–Crippen MR) is 119 cm³/mol. The van der Waals surface area contributed by atoms with Crippen LogP contribution in [0.15, 0.2) is 53.3 Å². The molecule has 2 unspecified atom stereocenters. The SMILES string of the molecule is O=C(CC(O)C(=O)[O-])OCC1CN(c2ccc3cc(-c4ccccc4C(F)(F)F)[nH]c(=O)c3c2)C(=O)O1.[Na+]. The number of halogens is 3. The smallest absolute Gasteiger partial charge is 0.547 e. The number of anilines is 1. The number of aliphatic carboxylic acids is 1. The van der Waals surface area contributed by atoms with Gasteiger partial charge in [0.15, 0.2) is 6.10 Å². The number of aliphatic hydroxyl groups is 1. The van der Waals surface area contributed by atoms with Crippen molar-refractivity contribution in [2.24, 2.45) is 0 Å². The van der Waals surface area contributed by atoms with Crippen LogP contribution in [0.5, 0.6) is 0 Å². The van der Waals surface area contributed by atoms with Crippen molar-refractivity contribution in [1.82, 2.24) is 4.98 Å². The van der Waals surface area contributed by atoms with Crippen LogP contribution >= 0.6 is 0 Å². The number of fused-ring (bicyclic) bond motifs is 1. The fourth-order valence-corrected chi connectivity index (χ4v) is 3.83. The summed E-state index contributed by atoms with van der Waals surface area (Å²) >= 11 is 0. The molecular weight excluding hydrogens is 524 g/mol. The van der Waals surface area contributed by atoms with Gasteiger partial charge in [0, 0.05) is 22.3 Å². The van der Waals surface area contributed by atoms with Crippen LogP contribution in [0.3, 0.4) is 0 Å². The van der Waals surface area contributed by atoms with E-state index in [1.807, 2.05) is 0 Å². The number of esters is 1. The number of carboxylic acid groups (broad SMARTS) is 1. The van der Waals surface area contributed by atoms with E-state index in [0.717, 1.165) is 6.07 Å². The number of H-pyrrole nitrogens is 1. The summed E-state index contributed by atoms with van der Waals surface area (Å²) < 4.78 is 50.2. The maximum atomic E-state index is 13.4. The maximum Gasteiger partial charge on any atom is 1.00 e. The van der Waals surface area contributed by atoms with Crippen LogP contribution < -0.4 is 45.1 Å². The summed E-state index contributed by atoms with van der Waals surface area (Å²) in [5, 5.41) is 20.1. The first kappa shape index (κ1) is 29.2. The molecule has 1 aliphatic rings. The summed E-state index contributed by atoms with van der Waals surface area (Å²) in [6, 6.07) is 10.6. The largest absolute Gasteiger partial charge is 1.00 e. The van der Waals surface area contributed by atoms with E-state index in [0.29, 0.717) is 5.39 Å². The van der Waals surface area contributed by atoms with Gasteiger partial charge in [0.05, 0.1) is 24.5 Å². The van der Waals surface area contributed by atoms with Gasteiger partial charge in [-0.15, -0.1) is 0 Å². The number of carbonyl (C=O) groups excluding carboxylic acids is 3. The molecule has 0 saturated carbocycles. The second-order valence-electron chi connectivity index (χ2n) is 8.17. The monoisotopic (exact) mass is 542 g/mol. The van der Waals surface area contributed by atoms with E-state index in [-0.39, 0.29) is 58.4 Å². The number of hydrogen-bond acceptors (Lipinski definition) is 8. The van der Waals surface area contributed by atoms with Crippen molar-refractivity contribution in [3.63, 3.8) is 0 Å². The van der Waals surface area contributed by atoms with Gasteiger partial charge in [0.2, 0.25) is 0 Å². The molecule has 1 saturated heterocycles. The zero-order valence-electron chi connectivity index (χ0n) is 19.8. The molecule has 1 amide bonds.